The fourth-order valence-corrected chi connectivity index (χ4v) is 2.39. The van der Waals surface area contributed by atoms with Crippen LogP contribution in [0, 0.1) is 6.92 Å². The summed E-state index contributed by atoms with van der Waals surface area (Å²) in [6, 6.07) is 7.95. The van der Waals surface area contributed by atoms with E-state index in [2.05, 4.69) is 47.1 Å². The van der Waals surface area contributed by atoms with E-state index in [-0.39, 0.29) is 0 Å². The predicted molar refractivity (Wildman–Crippen MR) is 81.8 cm³/mol. The zero-order valence-electron chi connectivity index (χ0n) is 10.2. The quantitative estimate of drug-likeness (QED) is 0.869. The Bertz CT molecular complexity index is 570. The second-order valence-corrected chi connectivity index (χ2v) is 5.45. The standard InChI is InChI=1S/C13H13Br2N3/c1-3-16-13-11(15)8(2)17-12(18-13)9-6-4-5-7-10(9)14/h4-7H,3H2,1-2H3,(H,16,17,18). The summed E-state index contributed by atoms with van der Waals surface area (Å²) >= 11 is 7.03. The maximum absolute atomic E-state index is 4.55. The third-order valence-electron chi connectivity index (χ3n) is 2.48. The number of aromatic nitrogens is 2. The van der Waals surface area contributed by atoms with Crippen LogP contribution in [0.25, 0.3) is 11.4 Å². The largest absolute Gasteiger partial charge is 0.369 e. The molecule has 3 nitrogen and oxygen atoms in total. The van der Waals surface area contributed by atoms with Gasteiger partial charge in [-0.3, -0.25) is 0 Å². The average Bonchev–Trinajstić information content (AvgIpc) is 2.35. The van der Waals surface area contributed by atoms with Gasteiger partial charge in [0.15, 0.2) is 5.82 Å². The van der Waals surface area contributed by atoms with Gasteiger partial charge in [-0.05, 0) is 35.8 Å². The monoisotopic (exact) mass is 369 g/mol. The molecule has 0 bridgehead atoms. The minimum Gasteiger partial charge on any atom is -0.369 e. The van der Waals surface area contributed by atoms with Gasteiger partial charge in [-0.25, -0.2) is 9.97 Å². The normalized spacial score (nSPS) is 10.4. The number of nitrogens with one attached hydrogen (secondary N) is 1. The lowest BCUT2D eigenvalue weighted by Gasteiger charge is -2.10. The number of hydrogen-bond acceptors (Lipinski definition) is 3. The molecule has 0 spiro atoms. The third kappa shape index (κ3) is 2.72. The van der Waals surface area contributed by atoms with E-state index in [1.807, 2.05) is 38.1 Å². The molecule has 0 fully saturated rings. The minimum absolute atomic E-state index is 0.721. The molecule has 0 amide bonds. The highest BCUT2D eigenvalue weighted by atomic mass is 79.9. The predicted octanol–water partition coefficient (Wildman–Crippen LogP) is 4.41. The highest BCUT2D eigenvalue weighted by Crippen LogP contribution is 2.30. The van der Waals surface area contributed by atoms with E-state index in [0.717, 1.165) is 38.4 Å². The molecule has 18 heavy (non-hydrogen) atoms. The van der Waals surface area contributed by atoms with E-state index in [1.54, 1.807) is 0 Å². The van der Waals surface area contributed by atoms with Crippen molar-refractivity contribution in [3.8, 4) is 11.4 Å². The zero-order valence-corrected chi connectivity index (χ0v) is 13.3. The zero-order chi connectivity index (χ0) is 13.1. The Balaban J connectivity index is 2.56. The molecule has 0 aliphatic carbocycles. The second kappa shape index (κ2) is 5.80. The highest BCUT2D eigenvalue weighted by Gasteiger charge is 2.11. The lowest BCUT2D eigenvalue weighted by Crippen LogP contribution is -2.04. The maximum Gasteiger partial charge on any atom is 0.162 e. The van der Waals surface area contributed by atoms with Gasteiger partial charge in [-0.2, -0.15) is 0 Å². The number of halogens is 2. The Morgan fingerprint density at radius 1 is 1.17 bits per heavy atom. The van der Waals surface area contributed by atoms with Gasteiger partial charge in [0.1, 0.15) is 5.82 Å². The van der Waals surface area contributed by atoms with Gasteiger partial charge < -0.3 is 5.32 Å². The molecule has 0 saturated heterocycles. The van der Waals surface area contributed by atoms with Gasteiger partial charge >= 0.3 is 0 Å². The topological polar surface area (TPSA) is 37.8 Å². The van der Waals surface area contributed by atoms with Crippen LogP contribution in [0.3, 0.4) is 0 Å². The molecule has 2 rings (SSSR count). The van der Waals surface area contributed by atoms with Crippen molar-refractivity contribution in [3.63, 3.8) is 0 Å². The van der Waals surface area contributed by atoms with Gasteiger partial charge in [0.25, 0.3) is 0 Å². The summed E-state index contributed by atoms with van der Waals surface area (Å²) in [7, 11) is 0. The molecule has 0 saturated carbocycles. The van der Waals surface area contributed by atoms with Crippen molar-refractivity contribution in [2.75, 3.05) is 11.9 Å². The van der Waals surface area contributed by atoms with Crippen LogP contribution in [0.2, 0.25) is 0 Å². The summed E-state index contributed by atoms with van der Waals surface area (Å²) in [5, 5.41) is 3.23. The second-order valence-electron chi connectivity index (χ2n) is 3.81. The molecule has 1 aromatic heterocycles. The fraction of sp³-hybridized carbons (Fsp3) is 0.231. The summed E-state index contributed by atoms with van der Waals surface area (Å²) < 4.78 is 1.91. The van der Waals surface area contributed by atoms with Gasteiger partial charge in [0.05, 0.1) is 10.2 Å². The highest BCUT2D eigenvalue weighted by molar-refractivity contribution is 9.11. The van der Waals surface area contributed by atoms with Gasteiger partial charge in [-0.15, -0.1) is 0 Å². The number of benzene rings is 1. The first kappa shape index (κ1) is 13.5. The number of aryl methyl sites for hydroxylation is 1. The third-order valence-corrected chi connectivity index (χ3v) is 4.12. The van der Waals surface area contributed by atoms with Crippen LogP contribution in [0.5, 0.6) is 0 Å². The summed E-state index contributed by atoms with van der Waals surface area (Å²) in [5.41, 5.74) is 1.92. The van der Waals surface area contributed by atoms with Crippen LogP contribution in [-0.2, 0) is 0 Å². The first-order valence-corrected chi connectivity index (χ1v) is 7.25. The Kier molecular flexibility index (Phi) is 4.35. The van der Waals surface area contributed by atoms with Gasteiger partial charge in [0.2, 0.25) is 0 Å². The molecule has 2 aromatic rings. The fourth-order valence-electron chi connectivity index (χ4n) is 1.61. The molecule has 94 valence electrons. The van der Waals surface area contributed by atoms with Gasteiger partial charge in [0, 0.05) is 16.6 Å². The van der Waals surface area contributed by atoms with Crippen molar-refractivity contribution in [2.24, 2.45) is 0 Å². The Morgan fingerprint density at radius 2 is 1.89 bits per heavy atom. The SMILES string of the molecule is CCNc1nc(-c2ccccc2Br)nc(C)c1Br. The van der Waals surface area contributed by atoms with E-state index in [4.69, 9.17) is 0 Å². The summed E-state index contributed by atoms with van der Waals surface area (Å²) in [6.07, 6.45) is 0. The number of rotatable bonds is 3. The maximum atomic E-state index is 4.55. The van der Waals surface area contributed by atoms with E-state index in [9.17, 15) is 0 Å². The molecule has 0 aliphatic rings. The van der Waals surface area contributed by atoms with Crippen LogP contribution < -0.4 is 5.32 Å². The summed E-state index contributed by atoms with van der Waals surface area (Å²) in [5.74, 6) is 1.55. The molecule has 1 heterocycles. The molecule has 0 aliphatic heterocycles. The van der Waals surface area contributed by atoms with Crippen LogP contribution >= 0.6 is 31.9 Å². The molecule has 1 aromatic carbocycles. The molecule has 5 heteroatoms. The lowest BCUT2D eigenvalue weighted by atomic mass is 10.2. The molecule has 0 atom stereocenters. The first-order valence-electron chi connectivity index (χ1n) is 5.66. The molecule has 0 unspecified atom stereocenters. The summed E-state index contributed by atoms with van der Waals surface area (Å²) in [4.78, 5) is 9.07. The van der Waals surface area contributed by atoms with Crippen molar-refractivity contribution in [2.45, 2.75) is 13.8 Å². The van der Waals surface area contributed by atoms with Crippen LogP contribution in [0.15, 0.2) is 33.2 Å². The summed E-state index contributed by atoms with van der Waals surface area (Å²) in [6.45, 7) is 4.83. The van der Waals surface area contributed by atoms with Crippen LogP contribution in [0.4, 0.5) is 5.82 Å². The molecular weight excluding hydrogens is 358 g/mol. The van der Waals surface area contributed by atoms with Crippen molar-refractivity contribution in [1.82, 2.24) is 9.97 Å². The van der Waals surface area contributed by atoms with Crippen molar-refractivity contribution in [3.05, 3.63) is 38.9 Å². The molecule has 0 radical (unpaired) electrons. The minimum atomic E-state index is 0.721. The van der Waals surface area contributed by atoms with Crippen molar-refractivity contribution >= 4 is 37.7 Å². The van der Waals surface area contributed by atoms with E-state index < -0.39 is 0 Å². The van der Waals surface area contributed by atoms with Crippen LogP contribution in [-0.4, -0.2) is 16.5 Å². The first-order chi connectivity index (χ1) is 8.63. The van der Waals surface area contributed by atoms with Crippen LogP contribution in [0.1, 0.15) is 12.6 Å². The Labute approximate surface area is 123 Å². The Hall–Kier alpha value is -0.940. The van der Waals surface area contributed by atoms with E-state index in [1.165, 1.54) is 0 Å². The van der Waals surface area contributed by atoms with E-state index >= 15 is 0 Å². The number of anilines is 1. The smallest absolute Gasteiger partial charge is 0.162 e. The van der Waals surface area contributed by atoms with Gasteiger partial charge in [-0.1, -0.05) is 34.1 Å². The number of hydrogen-bond donors (Lipinski definition) is 1. The number of nitrogens with zero attached hydrogens (tertiary/aromatic N) is 2. The Morgan fingerprint density at radius 3 is 2.56 bits per heavy atom. The van der Waals surface area contributed by atoms with Crippen molar-refractivity contribution < 1.29 is 0 Å². The lowest BCUT2D eigenvalue weighted by molar-refractivity contribution is 1.06. The average molecular weight is 371 g/mol. The molecule has 1 N–H and O–H groups in total. The molecular formula is C13H13Br2N3. The van der Waals surface area contributed by atoms with E-state index in [0.29, 0.717) is 0 Å². The van der Waals surface area contributed by atoms with Crippen molar-refractivity contribution in [1.29, 1.82) is 0 Å².